The van der Waals surface area contributed by atoms with Gasteiger partial charge < -0.3 is 16.2 Å². The maximum absolute atomic E-state index is 12.0. The molecule has 2 rings (SSSR count). The van der Waals surface area contributed by atoms with E-state index in [-0.39, 0.29) is 29.4 Å². The maximum Gasteiger partial charge on any atom is 0.292 e. The molecule has 1 unspecified atom stereocenters. The van der Waals surface area contributed by atoms with E-state index in [4.69, 9.17) is 5.73 Å². The molecule has 21 heavy (non-hydrogen) atoms. The van der Waals surface area contributed by atoms with Gasteiger partial charge in [-0.05, 0) is 30.9 Å². The van der Waals surface area contributed by atoms with E-state index < -0.39 is 16.9 Å². The van der Waals surface area contributed by atoms with Gasteiger partial charge >= 0.3 is 0 Å². The van der Waals surface area contributed by atoms with E-state index in [2.05, 4.69) is 5.32 Å². The van der Waals surface area contributed by atoms with Crippen molar-refractivity contribution < 1.29 is 14.8 Å². The molecule has 0 saturated heterocycles. The molecule has 0 radical (unpaired) electrons. The van der Waals surface area contributed by atoms with Gasteiger partial charge in [-0.15, -0.1) is 0 Å². The fourth-order valence-electron chi connectivity index (χ4n) is 2.65. The SMILES string of the molecule is Nc1ccc(C(=O)NCC(O)C2CCCC2)cc1[N+](=O)[O-]. The monoisotopic (exact) mass is 293 g/mol. The van der Waals surface area contributed by atoms with Crippen molar-refractivity contribution >= 4 is 17.3 Å². The van der Waals surface area contributed by atoms with Gasteiger partial charge in [0.1, 0.15) is 5.69 Å². The number of nitro benzene ring substituents is 1. The Bertz CT molecular complexity index is 541. The first kappa shape index (κ1) is 15.2. The van der Waals surface area contributed by atoms with Crippen molar-refractivity contribution in [1.82, 2.24) is 5.32 Å². The lowest BCUT2D eigenvalue weighted by Gasteiger charge is -2.18. The van der Waals surface area contributed by atoms with Crippen LogP contribution in [0.3, 0.4) is 0 Å². The van der Waals surface area contributed by atoms with Crippen molar-refractivity contribution in [3.05, 3.63) is 33.9 Å². The summed E-state index contributed by atoms with van der Waals surface area (Å²) in [4.78, 5) is 22.1. The minimum Gasteiger partial charge on any atom is -0.393 e. The Kier molecular flexibility index (Phi) is 4.74. The van der Waals surface area contributed by atoms with Crippen molar-refractivity contribution in [2.45, 2.75) is 31.8 Å². The van der Waals surface area contributed by atoms with Crippen LogP contribution in [0.15, 0.2) is 18.2 Å². The molecule has 1 aliphatic rings. The summed E-state index contributed by atoms with van der Waals surface area (Å²) in [6, 6.07) is 3.91. The van der Waals surface area contributed by atoms with Crippen LogP contribution in [0.5, 0.6) is 0 Å². The second-order valence-electron chi connectivity index (χ2n) is 5.35. The first-order valence-corrected chi connectivity index (χ1v) is 6.99. The van der Waals surface area contributed by atoms with Crippen LogP contribution in [0.25, 0.3) is 0 Å². The Morgan fingerprint density at radius 1 is 1.48 bits per heavy atom. The molecule has 1 saturated carbocycles. The highest BCUT2D eigenvalue weighted by atomic mass is 16.6. The lowest BCUT2D eigenvalue weighted by molar-refractivity contribution is -0.383. The van der Waals surface area contributed by atoms with E-state index in [0.717, 1.165) is 31.7 Å². The van der Waals surface area contributed by atoms with Gasteiger partial charge in [0.15, 0.2) is 0 Å². The summed E-state index contributed by atoms with van der Waals surface area (Å²) < 4.78 is 0. The molecule has 1 aliphatic carbocycles. The van der Waals surface area contributed by atoms with Crippen LogP contribution in [0.1, 0.15) is 36.0 Å². The number of nitrogens with zero attached hydrogens (tertiary/aromatic N) is 1. The molecule has 114 valence electrons. The van der Waals surface area contributed by atoms with E-state index in [9.17, 15) is 20.0 Å². The number of rotatable bonds is 5. The lowest BCUT2D eigenvalue weighted by Crippen LogP contribution is -2.35. The van der Waals surface area contributed by atoms with E-state index in [0.29, 0.717) is 0 Å². The number of nitrogen functional groups attached to an aromatic ring is 1. The smallest absolute Gasteiger partial charge is 0.292 e. The minimum atomic E-state index is -0.626. The summed E-state index contributed by atoms with van der Waals surface area (Å²) in [5.74, 6) is -0.221. The number of amides is 1. The Labute approximate surface area is 122 Å². The van der Waals surface area contributed by atoms with Crippen LogP contribution < -0.4 is 11.1 Å². The second kappa shape index (κ2) is 6.53. The number of nitro groups is 1. The van der Waals surface area contributed by atoms with Gasteiger partial charge in [0, 0.05) is 18.2 Å². The number of hydrogen-bond donors (Lipinski definition) is 3. The Morgan fingerprint density at radius 3 is 2.76 bits per heavy atom. The summed E-state index contributed by atoms with van der Waals surface area (Å²) in [6.45, 7) is 0.154. The predicted octanol–water partition coefficient (Wildman–Crippen LogP) is 1.46. The van der Waals surface area contributed by atoms with Crippen molar-refractivity contribution in [3.63, 3.8) is 0 Å². The van der Waals surface area contributed by atoms with Crippen molar-refractivity contribution in [2.24, 2.45) is 5.92 Å². The molecule has 1 fully saturated rings. The normalized spacial score (nSPS) is 16.6. The zero-order chi connectivity index (χ0) is 15.4. The molecule has 7 heteroatoms. The van der Waals surface area contributed by atoms with Crippen LogP contribution in [0, 0.1) is 16.0 Å². The quantitative estimate of drug-likeness (QED) is 0.431. The topological polar surface area (TPSA) is 118 Å². The standard InChI is InChI=1S/C14H19N3O4/c15-11-6-5-10(7-12(11)17(20)21)14(19)16-8-13(18)9-3-1-2-4-9/h5-7,9,13,18H,1-4,8,15H2,(H,16,19). The molecular weight excluding hydrogens is 274 g/mol. The van der Waals surface area contributed by atoms with E-state index >= 15 is 0 Å². The first-order valence-electron chi connectivity index (χ1n) is 6.99. The molecule has 7 nitrogen and oxygen atoms in total. The number of aliphatic hydroxyl groups is 1. The molecule has 0 aromatic heterocycles. The molecular formula is C14H19N3O4. The summed E-state index contributed by atoms with van der Waals surface area (Å²) in [7, 11) is 0. The van der Waals surface area contributed by atoms with Gasteiger partial charge in [-0.25, -0.2) is 0 Å². The summed E-state index contributed by atoms with van der Waals surface area (Å²) in [5.41, 5.74) is 5.37. The zero-order valence-corrected chi connectivity index (χ0v) is 11.6. The fourth-order valence-corrected chi connectivity index (χ4v) is 2.65. The molecule has 0 bridgehead atoms. The number of carbonyl (C=O) groups excluding carboxylic acids is 1. The number of nitrogens with one attached hydrogen (secondary N) is 1. The summed E-state index contributed by atoms with van der Waals surface area (Å²) >= 11 is 0. The van der Waals surface area contributed by atoms with Gasteiger partial charge in [-0.3, -0.25) is 14.9 Å². The largest absolute Gasteiger partial charge is 0.393 e. The summed E-state index contributed by atoms with van der Waals surface area (Å²) in [5, 5.41) is 23.4. The molecule has 1 atom stereocenters. The Balaban J connectivity index is 1.96. The fraction of sp³-hybridized carbons (Fsp3) is 0.500. The van der Waals surface area contributed by atoms with Gasteiger partial charge in [-0.1, -0.05) is 12.8 Å². The van der Waals surface area contributed by atoms with Crippen LogP contribution in [-0.4, -0.2) is 28.6 Å². The average Bonchev–Trinajstić information content (AvgIpc) is 2.98. The van der Waals surface area contributed by atoms with E-state index in [1.54, 1.807) is 0 Å². The summed E-state index contributed by atoms with van der Waals surface area (Å²) in [6.07, 6.45) is 3.61. The number of carbonyl (C=O) groups is 1. The average molecular weight is 293 g/mol. The van der Waals surface area contributed by atoms with E-state index in [1.807, 2.05) is 0 Å². The number of aliphatic hydroxyl groups excluding tert-OH is 1. The lowest BCUT2D eigenvalue weighted by atomic mass is 10.0. The van der Waals surface area contributed by atoms with Gasteiger partial charge in [-0.2, -0.15) is 0 Å². The van der Waals surface area contributed by atoms with Crippen LogP contribution >= 0.6 is 0 Å². The van der Waals surface area contributed by atoms with Crippen molar-refractivity contribution in [3.8, 4) is 0 Å². The van der Waals surface area contributed by atoms with Crippen molar-refractivity contribution in [2.75, 3.05) is 12.3 Å². The molecule has 1 aromatic rings. The molecule has 1 amide bonds. The predicted molar refractivity (Wildman–Crippen MR) is 77.8 cm³/mol. The highest BCUT2D eigenvalue weighted by molar-refractivity contribution is 5.95. The minimum absolute atomic E-state index is 0.0162. The third-order valence-corrected chi connectivity index (χ3v) is 3.91. The Morgan fingerprint density at radius 2 is 2.14 bits per heavy atom. The van der Waals surface area contributed by atoms with Crippen LogP contribution in [0.2, 0.25) is 0 Å². The third kappa shape index (κ3) is 3.69. The highest BCUT2D eigenvalue weighted by Crippen LogP contribution is 2.27. The van der Waals surface area contributed by atoms with Gasteiger partial charge in [0.25, 0.3) is 11.6 Å². The molecule has 0 heterocycles. The third-order valence-electron chi connectivity index (χ3n) is 3.91. The van der Waals surface area contributed by atoms with Gasteiger partial charge in [0.05, 0.1) is 11.0 Å². The van der Waals surface area contributed by atoms with Gasteiger partial charge in [0.2, 0.25) is 0 Å². The highest BCUT2D eigenvalue weighted by Gasteiger charge is 2.24. The number of anilines is 1. The number of hydrogen-bond acceptors (Lipinski definition) is 5. The molecule has 0 aliphatic heterocycles. The molecule has 0 spiro atoms. The maximum atomic E-state index is 12.0. The van der Waals surface area contributed by atoms with Crippen LogP contribution in [-0.2, 0) is 0 Å². The van der Waals surface area contributed by atoms with Crippen LogP contribution in [0.4, 0.5) is 11.4 Å². The zero-order valence-electron chi connectivity index (χ0n) is 11.6. The number of benzene rings is 1. The van der Waals surface area contributed by atoms with E-state index in [1.165, 1.54) is 12.1 Å². The molecule has 4 N–H and O–H groups in total. The van der Waals surface area contributed by atoms with Crippen molar-refractivity contribution in [1.29, 1.82) is 0 Å². The second-order valence-corrected chi connectivity index (χ2v) is 5.35. The Hall–Kier alpha value is -2.15. The first-order chi connectivity index (χ1) is 9.99. The molecule has 1 aromatic carbocycles. The number of nitrogens with two attached hydrogens (primary N) is 1.